The normalized spacial score (nSPS) is 20.2. The van der Waals surface area contributed by atoms with E-state index < -0.39 is 0 Å². The first-order valence-electron chi connectivity index (χ1n) is 6.25. The molecule has 1 unspecified atom stereocenters. The van der Waals surface area contributed by atoms with E-state index in [4.69, 9.17) is 0 Å². The largest absolute Gasteiger partial charge is 0.365 e. The Bertz CT molecular complexity index is 215. The van der Waals surface area contributed by atoms with Gasteiger partial charge in [0.1, 0.15) is 0 Å². The topological polar surface area (TPSA) is 24.4 Å². The van der Waals surface area contributed by atoms with Gasteiger partial charge in [0.15, 0.2) is 5.17 Å². The number of nitrogens with zero attached hydrogens (tertiary/aromatic N) is 1. The molecule has 0 spiro atoms. The molecule has 1 N–H and O–H groups in total. The van der Waals surface area contributed by atoms with Crippen molar-refractivity contribution in [3.63, 3.8) is 0 Å². The summed E-state index contributed by atoms with van der Waals surface area (Å²) in [5.74, 6) is 2.07. The lowest BCUT2D eigenvalue weighted by Crippen LogP contribution is -2.22. The van der Waals surface area contributed by atoms with E-state index >= 15 is 0 Å². The maximum Gasteiger partial charge on any atom is 0.156 e. The van der Waals surface area contributed by atoms with Crippen LogP contribution in [0, 0.1) is 5.92 Å². The predicted molar refractivity (Wildman–Crippen MR) is 78.8 cm³/mol. The molecular weight excluding hydrogens is 236 g/mol. The van der Waals surface area contributed by atoms with Crippen molar-refractivity contribution in [3.05, 3.63) is 0 Å². The van der Waals surface area contributed by atoms with Gasteiger partial charge in [-0.2, -0.15) is 11.8 Å². The van der Waals surface area contributed by atoms with Crippen molar-refractivity contribution in [1.29, 1.82) is 0 Å². The summed E-state index contributed by atoms with van der Waals surface area (Å²) in [6, 6.07) is 0. The van der Waals surface area contributed by atoms with E-state index in [1.54, 1.807) is 0 Å². The first-order valence-corrected chi connectivity index (χ1v) is 8.53. The van der Waals surface area contributed by atoms with Crippen LogP contribution in [0.1, 0.15) is 33.1 Å². The first kappa shape index (κ1) is 14.2. The highest BCUT2D eigenvalue weighted by molar-refractivity contribution is 8.14. The molecule has 94 valence electrons. The van der Waals surface area contributed by atoms with Crippen molar-refractivity contribution >= 4 is 28.7 Å². The molecule has 2 nitrogen and oxygen atoms in total. The fourth-order valence-electron chi connectivity index (χ4n) is 1.96. The van der Waals surface area contributed by atoms with Crippen LogP contribution < -0.4 is 5.32 Å². The summed E-state index contributed by atoms with van der Waals surface area (Å²) in [4.78, 5) is 4.59. The number of amidine groups is 1. The predicted octanol–water partition coefficient (Wildman–Crippen LogP) is 3.24. The van der Waals surface area contributed by atoms with Crippen LogP contribution in [-0.2, 0) is 0 Å². The molecule has 16 heavy (non-hydrogen) atoms. The Balaban J connectivity index is 2.18. The molecule has 0 aromatic carbocycles. The number of rotatable bonds is 7. The second-order valence-electron chi connectivity index (χ2n) is 4.15. The molecule has 1 aliphatic heterocycles. The van der Waals surface area contributed by atoms with Crippen molar-refractivity contribution in [1.82, 2.24) is 5.32 Å². The van der Waals surface area contributed by atoms with Gasteiger partial charge >= 0.3 is 0 Å². The molecular formula is C12H24N2S2. The number of hydrogen-bond donors (Lipinski definition) is 1. The highest BCUT2D eigenvalue weighted by Gasteiger charge is 2.25. The van der Waals surface area contributed by atoms with Crippen LogP contribution in [0.3, 0.4) is 0 Å². The zero-order chi connectivity index (χ0) is 11.8. The summed E-state index contributed by atoms with van der Waals surface area (Å²) in [6.45, 7) is 6.67. The standard InChI is InChI=1S/C12H24N2S2/c1-4-10(5-2)11-9-14-12(16-11)13-7-6-8-15-3/h10-11H,4-9H2,1-3H3,(H,13,14). The average Bonchev–Trinajstić information content (AvgIpc) is 2.75. The molecule has 1 heterocycles. The Kier molecular flexibility index (Phi) is 7.37. The Labute approximate surface area is 108 Å². The molecule has 0 radical (unpaired) electrons. The van der Waals surface area contributed by atoms with Crippen LogP contribution in [0.5, 0.6) is 0 Å². The highest BCUT2D eigenvalue weighted by Crippen LogP contribution is 2.30. The van der Waals surface area contributed by atoms with E-state index in [9.17, 15) is 0 Å². The van der Waals surface area contributed by atoms with Crippen LogP contribution in [0.4, 0.5) is 0 Å². The minimum absolute atomic E-state index is 0.720. The van der Waals surface area contributed by atoms with Crippen LogP contribution in [-0.4, -0.2) is 35.5 Å². The van der Waals surface area contributed by atoms with E-state index in [-0.39, 0.29) is 0 Å². The second-order valence-corrected chi connectivity index (χ2v) is 6.37. The number of thioether (sulfide) groups is 2. The summed E-state index contributed by atoms with van der Waals surface area (Å²) in [7, 11) is 0. The first-order chi connectivity index (χ1) is 7.81. The quantitative estimate of drug-likeness (QED) is 0.711. The van der Waals surface area contributed by atoms with Crippen molar-refractivity contribution < 1.29 is 0 Å². The van der Waals surface area contributed by atoms with Crippen LogP contribution in [0.15, 0.2) is 4.99 Å². The third kappa shape index (κ3) is 4.58. The molecule has 0 bridgehead atoms. The third-order valence-corrected chi connectivity index (χ3v) is 5.08. The maximum absolute atomic E-state index is 4.59. The molecule has 1 aliphatic rings. The molecule has 0 aromatic heterocycles. The molecule has 1 atom stereocenters. The van der Waals surface area contributed by atoms with Crippen molar-refractivity contribution in [2.75, 3.05) is 25.1 Å². The van der Waals surface area contributed by atoms with Gasteiger partial charge < -0.3 is 5.32 Å². The summed E-state index contributed by atoms with van der Waals surface area (Å²) < 4.78 is 0. The summed E-state index contributed by atoms with van der Waals surface area (Å²) in [6.07, 6.45) is 5.95. The Morgan fingerprint density at radius 3 is 2.88 bits per heavy atom. The summed E-state index contributed by atoms with van der Waals surface area (Å²) in [5, 5.41) is 5.35. The molecule has 0 fully saturated rings. The van der Waals surface area contributed by atoms with Gasteiger partial charge in [-0.3, -0.25) is 4.99 Å². The van der Waals surface area contributed by atoms with E-state index in [1.165, 1.54) is 30.2 Å². The lowest BCUT2D eigenvalue weighted by Gasteiger charge is -2.18. The Morgan fingerprint density at radius 2 is 2.25 bits per heavy atom. The fourth-order valence-corrected chi connectivity index (χ4v) is 3.74. The van der Waals surface area contributed by atoms with Gasteiger partial charge in [0.05, 0.1) is 6.54 Å². The molecule has 0 saturated carbocycles. The van der Waals surface area contributed by atoms with Crippen LogP contribution >= 0.6 is 23.5 Å². The van der Waals surface area contributed by atoms with Gasteiger partial charge in [-0.15, -0.1) is 0 Å². The minimum atomic E-state index is 0.720. The van der Waals surface area contributed by atoms with Gasteiger partial charge in [-0.1, -0.05) is 38.5 Å². The number of hydrogen-bond acceptors (Lipinski definition) is 4. The zero-order valence-corrected chi connectivity index (χ0v) is 12.3. The van der Waals surface area contributed by atoms with Crippen molar-refractivity contribution in [2.45, 2.75) is 38.4 Å². The summed E-state index contributed by atoms with van der Waals surface area (Å²) in [5.41, 5.74) is 0. The van der Waals surface area contributed by atoms with Gasteiger partial charge in [0.25, 0.3) is 0 Å². The maximum atomic E-state index is 4.59. The number of aliphatic imine (C=N–C) groups is 1. The Hall–Kier alpha value is 0.170. The minimum Gasteiger partial charge on any atom is -0.365 e. The second kappa shape index (κ2) is 8.29. The van der Waals surface area contributed by atoms with E-state index in [2.05, 4.69) is 30.4 Å². The van der Waals surface area contributed by atoms with Gasteiger partial charge in [-0.05, 0) is 24.3 Å². The SMILES string of the molecule is CCC(CC)C1CN=C(NCCCSC)S1. The molecule has 4 heteroatoms. The van der Waals surface area contributed by atoms with Crippen molar-refractivity contribution in [3.8, 4) is 0 Å². The molecule has 1 rings (SSSR count). The molecule has 0 saturated heterocycles. The smallest absolute Gasteiger partial charge is 0.156 e. The Morgan fingerprint density at radius 1 is 1.50 bits per heavy atom. The molecule has 0 aromatic rings. The van der Waals surface area contributed by atoms with Gasteiger partial charge in [0, 0.05) is 11.8 Å². The molecule has 0 amide bonds. The lowest BCUT2D eigenvalue weighted by molar-refractivity contribution is 0.479. The van der Waals surface area contributed by atoms with Crippen molar-refractivity contribution in [2.24, 2.45) is 10.9 Å². The monoisotopic (exact) mass is 260 g/mol. The fraction of sp³-hybridized carbons (Fsp3) is 0.917. The van der Waals surface area contributed by atoms with Gasteiger partial charge in [0.2, 0.25) is 0 Å². The van der Waals surface area contributed by atoms with Crippen LogP contribution in [0.2, 0.25) is 0 Å². The van der Waals surface area contributed by atoms with Crippen LogP contribution in [0.25, 0.3) is 0 Å². The average molecular weight is 260 g/mol. The van der Waals surface area contributed by atoms with E-state index in [0.29, 0.717) is 0 Å². The molecule has 0 aliphatic carbocycles. The van der Waals surface area contributed by atoms with Gasteiger partial charge in [-0.25, -0.2) is 0 Å². The summed E-state index contributed by atoms with van der Waals surface area (Å²) >= 11 is 3.87. The number of nitrogens with one attached hydrogen (secondary N) is 1. The third-order valence-electron chi connectivity index (χ3n) is 3.05. The highest BCUT2D eigenvalue weighted by atomic mass is 32.2. The lowest BCUT2D eigenvalue weighted by atomic mass is 9.99. The van der Waals surface area contributed by atoms with E-state index in [1.807, 2.05) is 23.5 Å². The zero-order valence-electron chi connectivity index (χ0n) is 10.7. The van der Waals surface area contributed by atoms with E-state index in [0.717, 1.165) is 24.3 Å².